The summed E-state index contributed by atoms with van der Waals surface area (Å²) in [5.74, 6) is -2.36. The number of unbranched alkanes of at least 4 members (excludes halogenated alkanes) is 9. The Kier molecular flexibility index (Phi) is 41.7. The van der Waals surface area contributed by atoms with Crippen molar-refractivity contribution in [3.05, 3.63) is 109 Å². The minimum atomic E-state index is -1.64. The van der Waals surface area contributed by atoms with Gasteiger partial charge in [-0.2, -0.15) is 0 Å². The number of aliphatic carboxylic acids is 1. The molecule has 0 aromatic carbocycles. The van der Waals surface area contributed by atoms with Crippen LogP contribution < -0.4 is 5.11 Å². The van der Waals surface area contributed by atoms with E-state index in [1.54, 1.807) is 0 Å². The summed E-state index contributed by atoms with van der Waals surface area (Å²) in [6.07, 6.45) is 56.9. The van der Waals surface area contributed by atoms with Crippen molar-refractivity contribution in [2.45, 2.75) is 167 Å². The Morgan fingerprint density at radius 2 is 0.857 bits per heavy atom. The van der Waals surface area contributed by atoms with Crippen molar-refractivity contribution in [1.82, 2.24) is 0 Å². The standard InChI is InChI=1S/C54H87NO8/c1-6-8-10-12-14-16-18-20-22-23-24-25-26-27-28-29-31-33-35-37-39-41-43-45-52(57)63-50(49-62-54(53(58)59)60-47-46-55(3,4)5)48-61-51(56)44-42-40-38-36-34-32-30-21-19-17-15-13-11-9-7-2/h8-11,14-17,20-22,24-25,27-28,30-31,33,50,54H,6-7,12-13,18-19,23,26,29,32,34-49H2,1-5H3/b10-8-,11-9-,16-14-,17-15-,22-20-,25-24-,28-27-,30-21-,33-31-. The molecule has 356 valence electrons. The Bertz CT molecular complexity index is 1390. The summed E-state index contributed by atoms with van der Waals surface area (Å²) < 4.78 is 22.5. The van der Waals surface area contributed by atoms with E-state index in [9.17, 15) is 19.5 Å². The first-order chi connectivity index (χ1) is 30.6. The Morgan fingerprint density at radius 1 is 0.476 bits per heavy atom. The highest BCUT2D eigenvalue weighted by Gasteiger charge is 2.21. The van der Waals surface area contributed by atoms with Gasteiger partial charge in [0.15, 0.2) is 12.4 Å². The fourth-order valence-electron chi connectivity index (χ4n) is 5.84. The third-order valence-corrected chi connectivity index (χ3v) is 9.52. The van der Waals surface area contributed by atoms with Crippen LogP contribution in [0.5, 0.6) is 0 Å². The van der Waals surface area contributed by atoms with E-state index in [0.29, 0.717) is 23.9 Å². The minimum Gasteiger partial charge on any atom is -0.545 e. The molecule has 0 heterocycles. The lowest BCUT2D eigenvalue weighted by atomic mass is 10.1. The lowest BCUT2D eigenvalue weighted by molar-refractivity contribution is -0.870. The van der Waals surface area contributed by atoms with Crippen LogP contribution in [0.25, 0.3) is 0 Å². The molecule has 0 N–H and O–H groups in total. The molecule has 9 heteroatoms. The van der Waals surface area contributed by atoms with Crippen molar-refractivity contribution in [3.8, 4) is 0 Å². The highest BCUT2D eigenvalue weighted by molar-refractivity contribution is 5.70. The average molecular weight is 878 g/mol. The first-order valence-corrected chi connectivity index (χ1v) is 24.0. The second-order valence-corrected chi connectivity index (χ2v) is 16.6. The molecule has 0 aliphatic heterocycles. The molecule has 63 heavy (non-hydrogen) atoms. The number of hydrogen-bond acceptors (Lipinski definition) is 8. The van der Waals surface area contributed by atoms with E-state index >= 15 is 0 Å². The van der Waals surface area contributed by atoms with Gasteiger partial charge in [-0.3, -0.25) is 9.59 Å². The number of quaternary nitrogens is 1. The molecule has 0 aromatic rings. The summed E-state index contributed by atoms with van der Waals surface area (Å²) >= 11 is 0. The number of likely N-dealkylation sites (N-methyl/N-ethyl adjacent to an activating group) is 1. The number of ether oxygens (including phenoxy) is 4. The zero-order valence-electron chi connectivity index (χ0n) is 40.1. The van der Waals surface area contributed by atoms with Gasteiger partial charge in [0.25, 0.3) is 0 Å². The van der Waals surface area contributed by atoms with Crippen LogP contribution in [0.2, 0.25) is 0 Å². The summed E-state index contributed by atoms with van der Waals surface area (Å²) in [7, 11) is 5.88. The number of hydrogen-bond donors (Lipinski definition) is 0. The summed E-state index contributed by atoms with van der Waals surface area (Å²) in [6, 6.07) is 0. The van der Waals surface area contributed by atoms with Gasteiger partial charge in [-0.15, -0.1) is 0 Å². The molecular formula is C54H87NO8. The zero-order chi connectivity index (χ0) is 46.3. The largest absolute Gasteiger partial charge is 0.545 e. The monoisotopic (exact) mass is 878 g/mol. The number of carboxylic acid groups (broad SMARTS) is 1. The van der Waals surface area contributed by atoms with Crippen LogP contribution in [0.1, 0.15) is 155 Å². The van der Waals surface area contributed by atoms with Crippen LogP contribution in [0, 0.1) is 0 Å². The lowest BCUT2D eigenvalue weighted by Gasteiger charge is -2.26. The Hall–Kier alpha value is -4.05. The van der Waals surface area contributed by atoms with Crippen LogP contribution >= 0.6 is 0 Å². The first kappa shape index (κ1) is 58.9. The third kappa shape index (κ3) is 45.8. The van der Waals surface area contributed by atoms with E-state index in [0.717, 1.165) is 116 Å². The van der Waals surface area contributed by atoms with Crippen molar-refractivity contribution in [2.75, 3.05) is 47.5 Å². The van der Waals surface area contributed by atoms with E-state index in [2.05, 4.69) is 123 Å². The van der Waals surface area contributed by atoms with Crippen LogP contribution in [0.4, 0.5) is 0 Å². The molecule has 0 bridgehead atoms. The molecule has 2 atom stereocenters. The maximum atomic E-state index is 12.8. The molecule has 0 aliphatic rings. The van der Waals surface area contributed by atoms with Crippen LogP contribution in [0.3, 0.4) is 0 Å². The number of allylic oxidation sites excluding steroid dienone is 18. The molecule has 9 nitrogen and oxygen atoms in total. The smallest absolute Gasteiger partial charge is 0.306 e. The third-order valence-electron chi connectivity index (χ3n) is 9.52. The van der Waals surface area contributed by atoms with Crippen molar-refractivity contribution in [3.63, 3.8) is 0 Å². The number of esters is 2. The molecule has 0 fully saturated rings. The van der Waals surface area contributed by atoms with E-state index in [-0.39, 0.29) is 38.6 Å². The molecule has 0 amide bonds. The van der Waals surface area contributed by atoms with Crippen LogP contribution in [-0.2, 0) is 33.3 Å². The normalized spacial score (nSPS) is 13.9. The maximum Gasteiger partial charge on any atom is 0.306 e. The average Bonchev–Trinajstić information content (AvgIpc) is 3.24. The molecule has 0 radical (unpaired) electrons. The minimum absolute atomic E-state index is 0.132. The summed E-state index contributed by atoms with van der Waals surface area (Å²) in [4.78, 5) is 37.1. The molecule has 0 saturated heterocycles. The molecule has 0 aromatic heterocycles. The van der Waals surface area contributed by atoms with Gasteiger partial charge < -0.3 is 33.3 Å². The van der Waals surface area contributed by atoms with Crippen molar-refractivity contribution in [2.24, 2.45) is 0 Å². The SMILES string of the molecule is CC/C=C\C/C=C\C/C=C\C/C=C\C/C=C\C/C=C\CCCCCCC(=O)OC(COC(=O)CCCCCCC/C=C\C/C=C\C/C=C\CC)COC(OCC[N+](C)(C)C)C(=O)[O-]. The van der Waals surface area contributed by atoms with Gasteiger partial charge in [0, 0.05) is 12.8 Å². The van der Waals surface area contributed by atoms with E-state index in [1.165, 1.54) is 0 Å². The predicted octanol–water partition coefficient (Wildman–Crippen LogP) is 11.9. The van der Waals surface area contributed by atoms with Gasteiger partial charge in [-0.25, -0.2) is 0 Å². The quantitative estimate of drug-likeness (QED) is 0.0196. The van der Waals surface area contributed by atoms with Gasteiger partial charge in [0.1, 0.15) is 13.2 Å². The van der Waals surface area contributed by atoms with E-state index in [1.807, 2.05) is 21.1 Å². The summed E-state index contributed by atoms with van der Waals surface area (Å²) in [6.45, 7) is 4.43. The molecule has 0 saturated carbocycles. The van der Waals surface area contributed by atoms with Gasteiger partial charge in [0.05, 0.1) is 40.3 Å². The number of nitrogens with zero attached hydrogens (tertiary/aromatic N) is 1. The van der Waals surface area contributed by atoms with Crippen molar-refractivity contribution >= 4 is 17.9 Å². The zero-order valence-corrected chi connectivity index (χ0v) is 40.1. The second-order valence-electron chi connectivity index (χ2n) is 16.6. The second kappa shape index (κ2) is 44.6. The highest BCUT2D eigenvalue weighted by atomic mass is 16.7. The Balaban J connectivity index is 4.49. The highest BCUT2D eigenvalue weighted by Crippen LogP contribution is 2.12. The summed E-state index contributed by atoms with van der Waals surface area (Å²) in [5.41, 5.74) is 0. The van der Waals surface area contributed by atoms with Crippen molar-refractivity contribution in [1.29, 1.82) is 0 Å². The molecule has 0 rings (SSSR count). The number of carbonyl (C=O) groups excluding carboxylic acids is 3. The molecular weight excluding hydrogens is 791 g/mol. The molecule has 2 unspecified atom stereocenters. The predicted molar refractivity (Wildman–Crippen MR) is 260 cm³/mol. The van der Waals surface area contributed by atoms with Gasteiger partial charge in [-0.05, 0) is 96.3 Å². The van der Waals surface area contributed by atoms with Gasteiger partial charge in [0.2, 0.25) is 0 Å². The Morgan fingerprint density at radius 3 is 1.27 bits per heavy atom. The van der Waals surface area contributed by atoms with E-state index in [4.69, 9.17) is 18.9 Å². The van der Waals surface area contributed by atoms with Gasteiger partial charge in [-0.1, -0.05) is 155 Å². The number of carbonyl (C=O) groups is 3. The molecule has 0 spiro atoms. The fourth-order valence-corrected chi connectivity index (χ4v) is 5.84. The Labute approximate surface area is 384 Å². The topological polar surface area (TPSA) is 111 Å². The number of rotatable bonds is 42. The maximum absolute atomic E-state index is 12.8. The van der Waals surface area contributed by atoms with E-state index < -0.39 is 24.3 Å². The fraction of sp³-hybridized carbons (Fsp3) is 0.611. The molecule has 0 aliphatic carbocycles. The van der Waals surface area contributed by atoms with Crippen LogP contribution in [-0.4, -0.2) is 82.3 Å². The van der Waals surface area contributed by atoms with Gasteiger partial charge >= 0.3 is 11.9 Å². The number of carboxylic acids is 1. The lowest BCUT2D eigenvalue weighted by Crippen LogP contribution is -2.44. The first-order valence-electron chi connectivity index (χ1n) is 24.0. The van der Waals surface area contributed by atoms with Crippen molar-refractivity contribution < 1.29 is 42.9 Å². The summed E-state index contributed by atoms with van der Waals surface area (Å²) in [5, 5.41) is 11.7. The van der Waals surface area contributed by atoms with Crippen LogP contribution in [0.15, 0.2) is 109 Å².